The minimum atomic E-state index is -3.00. The fraction of sp³-hybridized carbons (Fsp3) is 1.00. The van der Waals surface area contributed by atoms with Crippen molar-refractivity contribution < 1.29 is 9.46 Å². The molecule has 13 heavy (non-hydrogen) atoms. The highest BCUT2D eigenvalue weighted by atomic mass is 31.2. The zero-order valence-electron chi connectivity index (χ0n) is 8.92. The van der Waals surface area contributed by atoms with Crippen LogP contribution in [0, 0.1) is 0 Å². The first-order valence-electron chi connectivity index (χ1n) is 5.41. The Morgan fingerprint density at radius 3 is 1.62 bits per heavy atom. The Morgan fingerprint density at radius 1 is 0.923 bits per heavy atom. The summed E-state index contributed by atoms with van der Waals surface area (Å²) in [5.41, 5.74) is 0. The maximum absolute atomic E-state index is 11.4. The SMILES string of the molecule is CCCCCP(=O)([O-])CCCCC. The molecule has 0 bridgehead atoms. The molecule has 0 aliphatic heterocycles. The van der Waals surface area contributed by atoms with Crippen LogP contribution >= 0.6 is 7.37 Å². The van der Waals surface area contributed by atoms with Crippen LogP contribution in [0.25, 0.3) is 0 Å². The van der Waals surface area contributed by atoms with Gasteiger partial charge in [-0.15, -0.1) is 0 Å². The van der Waals surface area contributed by atoms with Crippen LogP contribution in [0.3, 0.4) is 0 Å². The molecule has 2 nitrogen and oxygen atoms in total. The zero-order valence-corrected chi connectivity index (χ0v) is 9.81. The van der Waals surface area contributed by atoms with Crippen LogP contribution in [0.2, 0.25) is 0 Å². The molecular formula is C10H22O2P-. The summed E-state index contributed by atoms with van der Waals surface area (Å²) in [6.07, 6.45) is 6.81. The molecule has 0 saturated carbocycles. The van der Waals surface area contributed by atoms with E-state index in [0.29, 0.717) is 12.3 Å². The summed E-state index contributed by atoms with van der Waals surface area (Å²) < 4.78 is 11.4. The average molecular weight is 205 g/mol. The monoisotopic (exact) mass is 205 g/mol. The quantitative estimate of drug-likeness (QED) is 0.451. The van der Waals surface area contributed by atoms with E-state index >= 15 is 0 Å². The summed E-state index contributed by atoms with van der Waals surface area (Å²) in [6, 6.07) is 0. The molecule has 0 aliphatic rings. The number of rotatable bonds is 8. The molecule has 0 rings (SSSR count). The molecule has 0 saturated heterocycles. The highest BCUT2D eigenvalue weighted by Gasteiger charge is 2.05. The first kappa shape index (κ1) is 13.2. The van der Waals surface area contributed by atoms with Crippen LogP contribution in [0.5, 0.6) is 0 Å². The fourth-order valence-corrected chi connectivity index (χ4v) is 2.95. The predicted molar refractivity (Wildman–Crippen MR) is 56.4 cm³/mol. The highest BCUT2D eigenvalue weighted by Crippen LogP contribution is 2.37. The maximum Gasteiger partial charge on any atom is 0.0148 e. The summed E-state index contributed by atoms with van der Waals surface area (Å²) in [4.78, 5) is 11.4. The van der Waals surface area contributed by atoms with E-state index in [4.69, 9.17) is 0 Å². The van der Waals surface area contributed by atoms with Crippen LogP contribution in [-0.4, -0.2) is 12.3 Å². The lowest BCUT2D eigenvalue weighted by atomic mass is 10.3. The van der Waals surface area contributed by atoms with Gasteiger partial charge >= 0.3 is 0 Å². The highest BCUT2D eigenvalue weighted by molar-refractivity contribution is 7.56. The molecule has 0 aromatic heterocycles. The Morgan fingerprint density at radius 2 is 1.31 bits per heavy atom. The second-order valence-corrected chi connectivity index (χ2v) is 6.20. The van der Waals surface area contributed by atoms with Gasteiger partial charge in [0, 0.05) is 7.37 Å². The lowest BCUT2D eigenvalue weighted by Crippen LogP contribution is -2.08. The Bertz CT molecular complexity index is 143. The molecule has 0 aromatic rings. The van der Waals surface area contributed by atoms with Gasteiger partial charge in [-0.3, -0.25) is 0 Å². The third-order valence-corrected chi connectivity index (χ3v) is 4.20. The van der Waals surface area contributed by atoms with Gasteiger partial charge in [0.25, 0.3) is 0 Å². The minimum absolute atomic E-state index is 0.421. The van der Waals surface area contributed by atoms with Gasteiger partial charge in [-0.25, -0.2) is 0 Å². The van der Waals surface area contributed by atoms with Crippen molar-refractivity contribution in [1.29, 1.82) is 0 Å². The molecule has 0 unspecified atom stereocenters. The van der Waals surface area contributed by atoms with Crippen molar-refractivity contribution >= 4 is 7.37 Å². The van der Waals surface area contributed by atoms with Crippen LogP contribution in [0.1, 0.15) is 52.4 Å². The van der Waals surface area contributed by atoms with E-state index in [-0.39, 0.29) is 0 Å². The van der Waals surface area contributed by atoms with E-state index in [1.807, 2.05) is 0 Å². The molecule has 80 valence electrons. The molecule has 3 heteroatoms. The number of hydrogen-bond donors (Lipinski definition) is 0. The van der Waals surface area contributed by atoms with Gasteiger partial charge < -0.3 is 9.46 Å². The van der Waals surface area contributed by atoms with Crippen molar-refractivity contribution in [2.24, 2.45) is 0 Å². The van der Waals surface area contributed by atoms with Crippen molar-refractivity contribution in [1.82, 2.24) is 0 Å². The molecule has 0 radical (unpaired) electrons. The summed E-state index contributed by atoms with van der Waals surface area (Å²) in [6.45, 7) is 4.18. The van der Waals surface area contributed by atoms with E-state index in [1.165, 1.54) is 0 Å². The van der Waals surface area contributed by atoms with Crippen LogP contribution < -0.4 is 4.89 Å². The molecule has 0 N–H and O–H groups in total. The third kappa shape index (κ3) is 8.52. The van der Waals surface area contributed by atoms with Gasteiger partial charge in [-0.05, 0) is 25.2 Å². The van der Waals surface area contributed by atoms with Crippen molar-refractivity contribution in [3.63, 3.8) is 0 Å². The number of unbranched alkanes of at least 4 members (excludes halogenated alkanes) is 4. The first-order valence-corrected chi connectivity index (χ1v) is 7.41. The largest absolute Gasteiger partial charge is 0.799 e. The van der Waals surface area contributed by atoms with E-state index < -0.39 is 7.37 Å². The van der Waals surface area contributed by atoms with E-state index in [9.17, 15) is 9.46 Å². The Balaban J connectivity index is 3.49. The molecule has 0 heterocycles. The van der Waals surface area contributed by atoms with Crippen molar-refractivity contribution in [2.75, 3.05) is 12.3 Å². The van der Waals surface area contributed by atoms with Crippen LogP contribution in [0.15, 0.2) is 0 Å². The summed E-state index contributed by atoms with van der Waals surface area (Å²) in [5, 5.41) is 0. The molecule has 0 spiro atoms. The van der Waals surface area contributed by atoms with Crippen LogP contribution in [0.4, 0.5) is 0 Å². The molecule has 0 aliphatic carbocycles. The zero-order chi connectivity index (χ0) is 10.2. The first-order chi connectivity index (χ1) is 6.12. The standard InChI is InChI=1S/C10H23O2P/c1-3-5-7-9-13(11,12)10-8-6-4-2/h3-10H2,1-2H3,(H,11,12)/p-1. The smallest absolute Gasteiger partial charge is 0.0148 e. The van der Waals surface area contributed by atoms with Crippen LogP contribution in [-0.2, 0) is 4.57 Å². The summed E-state index contributed by atoms with van der Waals surface area (Å²) >= 11 is 0. The van der Waals surface area contributed by atoms with Gasteiger partial charge in [0.05, 0.1) is 0 Å². The topological polar surface area (TPSA) is 40.1 Å². The van der Waals surface area contributed by atoms with Gasteiger partial charge in [-0.2, -0.15) is 0 Å². The van der Waals surface area contributed by atoms with E-state index in [2.05, 4.69) is 13.8 Å². The van der Waals surface area contributed by atoms with Gasteiger partial charge in [0.15, 0.2) is 0 Å². The van der Waals surface area contributed by atoms with E-state index in [0.717, 1.165) is 38.5 Å². The second-order valence-electron chi connectivity index (χ2n) is 3.68. The van der Waals surface area contributed by atoms with E-state index in [1.54, 1.807) is 0 Å². The van der Waals surface area contributed by atoms with Gasteiger partial charge in [0.2, 0.25) is 0 Å². The number of hydrogen-bond acceptors (Lipinski definition) is 2. The van der Waals surface area contributed by atoms with Gasteiger partial charge in [-0.1, -0.05) is 39.5 Å². The molecule has 0 aromatic carbocycles. The fourth-order valence-electron chi connectivity index (χ4n) is 1.32. The normalized spacial score (nSPS) is 11.9. The molecule has 0 fully saturated rings. The average Bonchev–Trinajstić information content (AvgIpc) is 2.05. The van der Waals surface area contributed by atoms with Gasteiger partial charge in [0.1, 0.15) is 0 Å². The lowest BCUT2D eigenvalue weighted by molar-refractivity contribution is -0.175. The maximum atomic E-state index is 11.4. The van der Waals surface area contributed by atoms with Crippen molar-refractivity contribution in [3.05, 3.63) is 0 Å². The van der Waals surface area contributed by atoms with Crippen molar-refractivity contribution in [2.45, 2.75) is 52.4 Å². The van der Waals surface area contributed by atoms with Crippen molar-refractivity contribution in [3.8, 4) is 0 Å². The molecule has 0 atom stereocenters. The molecule has 0 amide bonds. The summed E-state index contributed by atoms with van der Waals surface area (Å²) in [5.74, 6) is 0. The Hall–Kier alpha value is 0.190. The second kappa shape index (κ2) is 7.58. The molecular weight excluding hydrogens is 183 g/mol. The third-order valence-electron chi connectivity index (χ3n) is 2.20. The predicted octanol–water partition coefficient (Wildman–Crippen LogP) is 3.01. The summed E-state index contributed by atoms with van der Waals surface area (Å²) in [7, 11) is -3.00. The Labute approximate surface area is 82.2 Å². The minimum Gasteiger partial charge on any atom is -0.799 e. The Kier molecular flexibility index (Phi) is 7.69. The lowest BCUT2D eigenvalue weighted by Gasteiger charge is -2.22.